The van der Waals surface area contributed by atoms with E-state index in [0.29, 0.717) is 0 Å². The molecule has 2 N–H and O–H groups in total. The van der Waals surface area contributed by atoms with E-state index in [9.17, 15) is 4.57 Å². The largest absolute Gasteiger partial charge is 0.524 e. The maximum absolute atomic E-state index is 11.2. The molecule has 0 heterocycles. The van der Waals surface area contributed by atoms with Gasteiger partial charge in [-0.3, -0.25) is 9.79 Å². The predicted octanol–water partition coefficient (Wildman–Crippen LogP) is 4.73. The van der Waals surface area contributed by atoms with Gasteiger partial charge in [0.05, 0.1) is 0 Å². The van der Waals surface area contributed by atoms with Gasteiger partial charge in [-0.2, -0.15) is 0 Å². The number of para-hydroxylation sites is 1. The van der Waals surface area contributed by atoms with Gasteiger partial charge in [0, 0.05) is 5.56 Å². The molecule has 0 aliphatic rings. The number of hydrogen-bond acceptors (Lipinski definition) is 2. The standard InChI is InChI=1S/C18H23O4P/c1-3-8-14-10-7-12-16(15(14)9-4-2)17-11-5-6-13-18(17)22-23(19,20)21/h5-7,10-13H,3-4,8-9H2,1-2H3,(H2,19,20,21). The molecule has 0 aromatic heterocycles. The van der Waals surface area contributed by atoms with E-state index in [4.69, 9.17) is 14.3 Å². The molecule has 4 nitrogen and oxygen atoms in total. The molecule has 2 aromatic carbocycles. The van der Waals surface area contributed by atoms with Crippen LogP contribution in [0.2, 0.25) is 0 Å². The summed E-state index contributed by atoms with van der Waals surface area (Å²) in [5.41, 5.74) is 4.23. The monoisotopic (exact) mass is 334 g/mol. The van der Waals surface area contributed by atoms with Crippen molar-refractivity contribution in [1.82, 2.24) is 0 Å². The Morgan fingerprint density at radius 2 is 1.57 bits per heavy atom. The molecule has 0 aliphatic heterocycles. The minimum Gasteiger partial charge on any atom is -0.404 e. The molecule has 124 valence electrons. The maximum atomic E-state index is 11.2. The summed E-state index contributed by atoms with van der Waals surface area (Å²) in [4.78, 5) is 18.3. The van der Waals surface area contributed by atoms with E-state index in [1.807, 2.05) is 24.3 Å². The van der Waals surface area contributed by atoms with Crippen LogP contribution in [0.5, 0.6) is 5.75 Å². The van der Waals surface area contributed by atoms with Gasteiger partial charge in [0.2, 0.25) is 0 Å². The second-order valence-electron chi connectivity index (χ2n) is 5.52. The third-order valence-corrected chi connectivity index (χ3v) is 4.12. The molecule has 0 aliphatic carbocycles. The van der Waals surface area contributed by atoms with E-state index >= 15 is 0 Å². The maximum Gasteiger partial charge on any atom is 0.524 e. The van der Waals surface area contributed by atoms with Crippen LogP contribution in [0.3, 0.4) is 0 Å². The molecule has 0 spiro atoms. The highest BCUT2D eigenvalue weighted by Gasteiger charge is 2.20. The smallest absolute Gasteiger partial charge is 0.404 e. The molecule has 2 rings (SSSR count). The van der Waals surface area contributed by atoms with Crippen LogP contribution in [0.4, 0.5) is 0 Å². The minimum absolute atomic E-state index is 0.215. The van der Waals surface area contributed by atoms with Gasteiger partial charge in [0.25, 0.3) is 0 Å². The summed E-state index contributed by atoms with van der Waals surface area (Å²) >= 11 is 0. The molecule has 5 heteroatoms. The van der Waals surface area contributed by atoms with Gasteiger partial charge >= 0.3 is 7.82 Å². The molecular formula is C18H23O4P. The summed E-state index contributed by atoms with van der Waals surface area (Å²) in [6.45, 7) is 4.28. The Morgan fingerprint density at radius 3 is 2.22 bits per heavy atom. The highest BCUT2D eigenvalue weighted by atomic mass is 31.2. The Kier molecular flexibility index (Phi) is 6.00. The van der Waals surface area contributed by atoms with Gasteiger partial charge in [-0.05, 0) is 35.6 Å². The van der Waals surface area contributed by atoms with Crippen molar-refractivity contribution in [2.75, 3.05) is 0 Å². The van der Waals surface area contributed by atoms with Crippen molar-refractivity contribution < 1.29 is 18.9 Å². The highest BCUT2D eigenvalue weighted by molar-refractivity contribution is 7.46. The lowest BCUT2D eigenvalue weighted by molar-refractivity contribution is 0.283. The normalized spacial score (nSPS) is 11.5. The van der Waals surface area contributed by atoms with Crippen LogP contribution in [-0.2, 0) is 17.4 Å². The van der Waals surface area contributed by atoms with Crippen molar-refractivity contribution in [1.29, 1.82) is 0 Å². The van der Waals surface area contributed by atoms with Crippen LogP contribution >= 0.6 is 7.82 Å². The summed E-state index contributed by atoms with van der Waals surface area (Å²) in [6, 6.07) is 13.1. The highest BCUT2D eigenvalue weighted by Crippen LogP contribution is 2.43. The average molecular weight is 334 g/mol. The molecule has 0 atom stereocenters. The number of benzene rings is 2. The van der Waals surface area contributed by atoms with E-state index in [2.05, 4.69) is 19.9 Å². The minimum atomic E-state index is -4.59. The first-order valence-corrected chi connectivity index (χ1v) is 9.44. The SMILES string of the molecule is CCCc1cccc(-c2ccccc2OP(=O)(O)O)c1CCC. The van der Waals surface area contributed by atoms with Crippen LogP contribution in [-0.4, -0.2) is 9.79 Å². The fourth-order valence-corrected chi connectivity index (χ4v) is 3.25. The zero-order valence-corrected chi connectivity index (χ0v) is 14.4. The number of phosphoric ester groups is 1. The summed E-state index contributed by atoms with van der Waals surface area (Å²) in [6.07, 6.45) is 3.98. The topological polar surface area (TPSA) is 66.8 Å². The number of aryl methyl sites for hydroxylation is 1. The summed E-state index contributed by atoms with van der Waals surface area (Å²) in [7, 11) is -4.59. The lowest BCUT2D eigenvalue weighted by atomic mass is 9.90. The van der Waals surface area contributed by atoms with Gasteiger partial charge in [-0.1, -0.05) is 63.1 Å². The van der Waals surface area contributed by atoms with Crippen LogP contribution in [0.15, 0.2) is 42.5 Å². The zero-order chi connectivity index (χ0) is 16.9. The first kappa shape index (κ1) is 17.7. The van der Waals surface area contributed by atoms with E-state index in [0.717, 1.165) is 36.8 Å². The Balaban J connectivity index is 2.58. The molecule has 2 aromatic rings. The van der Waals surface area contributed by atoms with Crippen LogP contribution < -0.4 is 4.52 Å². The first-order valence-electron chi connectivity index (χ1n) is 7.91. The van der Waals surface area contributed by atoms with Gasteiger partial charge in [-0.15, -0.1) is 0 Å². The molecule has 0 amide bonds. The molecule has 0 radical (unpaired) electrons. The molecule has 0 unspecified atom stereocenters. The van der Waals surface area contributed by atoms with E-state index < -0.39 is 7.82 Å². The Labute approximate surface area is 137 Å². The van der Waals surface area contributed by atoms with Gasteiger partial charge < -0.3 is 4.52 Å². The zero-order valence-electron chi connectivity index (χ0n) is 13.5. The Bertz CT molecular complexity index is 706. The van der Waals surface area contributed by atoms with E-state index in [1.54, 1.807) is 12.1 Å². The first-order chi connectivity index (χ1) is 11.0. The molecule has 0 fully saturated rings. The van der Waals surface area contributed by atoms with Crippen molar-refractivity contribution in [3.05, 3.63) is 53.6 Å². The molecule has 23 heavy (non-hydrogen) atoms. The van der Waals surface area contributed by atoms with Crippen molar-refractivity contribution in [2.45, 2.75) is 39.5 Å². The van der Waals surface area contributed by atoms with Crippen molar-refractivity contribution in [3.63, 3.8) is 0 Å². The quantitative estimate of drug-likeness (QED) is 0.718. The van der Waals surface area contributed by atoms with Crippen LogP contribution in [0, 0.1) is 0 Å². The summed E-state index contributed by atoms with van der Waals surface area (Å²) in [5, 5.41) is 0. The average Bonchev–Trinajstić information content (AvgIpc) is 2.49. The van der Waals surface area contributed by atoms with Crippen molar-refractivity contribution in [2.24, 2.45) is 0 Å². The lowest BCUT2D eigenvalue weighted by Gasteiger charge is -2.17. The van der Waals surface area contributed by atoms with Gasteiger partial charge in [0.1, 0.15) is 5.75 Å². The van der Waals surface area contributed by atoms with Crippen LogP contribution in [0.25, 0.3) is 11.1 Å². The molecule has 0 saturated carbocycles. The fourth-order valence-electron chi connectivity index (χ4n) is 2.83. The molecule has 0 saturated heterocycles. The number of hydrogen-bond donors (Lipinski definition) is 2. The molecular weight excluding hydrogens is 311 g/mol. The molecule has 0 bridgehead atoms. The van der Waals surface area contributed by atoms with Gasteiger partial charge in [-0.25, -0.2) is 4.57 Å². The Hall–Kier alpha value is -1.61. The Morgan fingerprint density at radius 1 is 0.913 bits per heavy atom. The van der Waals surface area contributed by atoms with Gasteiger partial charge in [0.15, 0.2) is 0 Å². The summed E-state index contributed by atoms with van der Waals surface area (Å²) < 4.78 is 16.1. The second-order valence-corrected chi connectivity index (χ2v) is 6.69. The third kappa shape index (κ3) is 4.68. The fraction of sp³-hybridized carbons (Fsp3) is 0.333. The predicted molar refractivity (Wildman–Crippen MR) is 92.5 cm³/mol. The van der Waals surface area contributed by atoms with Crippen molar-refractivity contribution in [3.8, 4) is 16.9 Å². The number of phosphoric acid groups is 1. The van der Waals surface area contributed by atoms with E-state index in [1.165, 1.54) is 11.1 Å². The third-order valence-electron chi connectivity index (χ3n) is 3.69. The van der Waals surface area contributed by atoms with Crippen LogP contribution in [0.1, 0.15) is 37.8 Å². The van der Waals surface area contributed by atoms with E-state index in [-0.39, 0.29) is 5.75 Å². The second kappa shape index (κ2) is 7.78. The lowest BCUT2D eigenvalue weighted by Crippen LogP contribution is -1.99. The number of rotatable bonds is 7. The summed E-state index contributed by atoms with van der Waals surface area (Å²) in [5.74, 6) is 0.215. The van der Waals surface area contributed by atoms with Crippen molar-refractivity contribution >= 4 is 7.82 Å².